The van der Waals surface area contributed by atoms with Gasteiger partial charge in [0.2, 0.25) is 0 Å². The Kier molecular flexibility index (Phi) is 4.41. The zero-order valence-electron chi connectivity index (χ0n) is 10.5. The van der Waals surface area contributed by atoms with E-state index in [2.05, 4.69) is 0 Å². The zero-order chi connectivity index (χ0) is 13.0. The van der Waals surface area contributed by atoms with Gasteiger partial charge in [0, 0.05) is 13.1 Å². The Morgan fingerprint density at radius 1 is 1.28 bits per heavy atom. The number of ether oxygens (including phenoxy) is 2. The fourth-order valence-corrected chi connectivity index (χ4v) is 1.93. The van der Waals surface area contributed by atoms with Gasteiger partial charge in [0.25, 0.3) is 0 Å². The number of aliphatic hydroxyl groups excluding tert-OH is 2. The van der Waals surface area contributed by atoms with Gasteiger partial charge in [-0.1, -0.05) is 6.07 Å². The van der Waals surface area contributed by atoms with Crippen LogP contribution in [-0.2, 0) is 0 Å². The summed E-state index contributed by atoms with van der Waals surface area (Å²) in [5, 5.41) is 18.9. The molecule has 0 spiro atoms. The van der Waals surface area contributed by atoms with Crippen LogP contribution in [0.1, 0.15) is 11.7 Å². The van der Waals surface area contributed by atoms with Gasteiger partial charge in [0.1, 0.15) is 13.2 Å². The van der Waals surface area contributed by atoms with Crippen molar-refractivity contribution in [1.82, 2.24) is 4.90 Å². The third kappa shape index (κ3) is 3.13. The molecule has 2 rings (SSSR count). The molecule has 1 aliphatic rings. The molecule has 1 aromatic carbocycles. The van der Waals surface area contributed by atoms with Gasteiger partial charge in [0.05, 0.1) is 12.7 Å². The number of aliphatic hydroxyl groups is 2. The highest BCUT2D eigenvalue weighted by Crippen LogP contribution is 2.32. The maximum absolute atomic E-state index is 10.1. The zero-order valence-corrected chi connectivity index (χ0v) is 10.5. The molecular formula is C13H19NO4. The van der Waals surface area contributed by atoms with Crippen LogP contribution in [0, 0.1) is 0 Å². The smallest absolute Gasteiger partial charge is 0.161 e. The van der Waals surface area contributed by atoms with Crippen LogP contribution in [0.5, 0.6) is 11.5 Å². The molecule has 100 valence electrons. The number of benzene rings is 1. The van der Waals surface area contributed by atoms with E-state index in [0.717, 1.165) is 11.3 Å². The molecule has 0 saturated heterocycles. The summed E-state index contributed by atoms with van der Waals surface area (Å²) < 4.78 is 10.9. The fraction of sp³-hybridized carbons (Fsp3) is 0.538. The Morgan fingerprint density at radius 2 is 2.00 bits per heavy atom. The number of hydrogen-bond donors (Lipinski definition) is 2. The number of hydrogen-bond acceptors (Lipinski definition) is 5. The standard InChI is InChI=1S/C13H19NO4/c1-14(4-5-15)9-11(16)10-2-3-12-13(8-10)18-7-6-17-12/h2-3,8,11,15-16H,4-7,9H2,1H3. The lowest BCUT2D eigenvalue weighted by molar-refractivity contribution is 0.114. The quantitative estimate of drug-likeness (QED) is 0.796. The van der Waals surface area contributed by atoms with Crippen LogP contribution in [0.2, 0.25) is 0 Å². The average molecular weight is 253 g/mol. The van der Waals surface area contributed by atoms with Crippen molar-refractivity contribution < 1.29 is 19.7 Å². The summed E-state index contributed by atoms with van der Waals surface area (Å²) in [6.07, 6.45) is -0.600. The third-order valence-corrected chi connectivity index (χ3v) is 2.92. The Bertz CT molecular complexity index is 397. The molecule has 0 amide bonds. The van der Waals surface area contributed by atoms with Gasteiger partial charge in [0.15, 0.2) is 11.5 Å². The molecule has 0 saturated carbocycles. The van der Waals surface area contributed by atoms with Crippen LogP contribution >= 0.6 is 0 Å². The number of fused-ring (bicyclic) bond motifs is 1. The lowest BCUT2D eigenvalue weighted by Gasteiger charge is -2.22. The van der Waals surface area contributed by atoms with Gasteiger partial charge < -0.3 is 24.6 Å². The van der Waals surface area contributed by atoms with Crippen molar-refractivity contribution in [2.24, 2.45) is 0 Å². The predicted octanol–water partition coefficient (Wildman–Crippen LogP) is 0.415. The highest BCUT2D eigenvalue weighted by Gasteiger charge is 2.16. The molecule has 0 aromatic heterocycles. The second kappa shape index (κ2) is 6.04. The summed E-state index contributed by atoms with van der Waals surface area (Å²) in [6, 6.07) is 5.47. The molecule has 5 nitrogen and oxygen atoms in total. The average Bonchev–Trinajstić information content (AvgIpc) is 2.38. The summed E-state index contributed by atoms with van der Waals surface area (Å²) >= 11 is 0. The third-order valence-electron chi connectivity index (χ3n) is 2.92. The summed E-state index contributed by atoms with van der Waals surface area (Å²) in [5.41, 5.74) is 0.795. The largest absolute Gasteiger partial charge is 0.486 e. The van der Waals surface area contributed by atoms with E-state index in [1.165, 1.54) is 0 Å². The first-order chi connectivity index (χ1) is 8.70. The summed E-state index contributed by atoms with van der Waals surface area (Å²) in [4.78, 5) is 1.88. The van der Waals surface area contributed by atoms with E-state index >= 15 is 0 Å². The second-order valence-electron chi connectivity index (χ2n) is 4.40. The number of nitrogens with zero attached hydrogens (tertiary/aromatic N) is 1. The molecule has 1 unspecified atom stereocenters. The van der Waals surface area contributed by atoms with E-state index < -0.39 is 6.10 Å². The van der Waals surface area contributed by atoms with Crippen LogP contribution < -0.4 is 9.47 Å². The SMILES string of the molecule is CN(CCO)CC(O)c1ccc2c(c1)OCCO2. The van der Waals surface area contributed by atoms with Gasteiger partial charge in [-0.05, 0) is 24.7 Å². The van der Waals surface area contributed by atoms with Gasteiger partial charge in [-0.15, -0.1) is 0 Å². The van der Waals surface area contributed by atoms with Crippen molar-refractivity contribution in [3.05, 3.63) is 23.8 Å². The van der Waals surface area contributed by atoms with Gasteiger partial charge >= 0.3 is 0 Å². The highest BCUT2D eigenvalue weighted by atomic mass is 16.6. The minimum Gasteiger partial charge on any atom is -0.486 e. The van der Waals surface area contributed by atoms with Crippen LogP contribution in [-0.4, -0.2) is 55.1 Å². The Labute approximate surface area is 107 Å². The molecule has 1 atom stereocenters. The summed E-state index contributed by atoms with van der Waals surface area (Å²) in [7, 11) is 1.86. The fourth-order valence-electron chi connectivity index (χ4n) is 1.93. The van der Waals surface area contributed by atoms with Crippen LogP contribution in [0.4, 0.5) is 0 Å². The van der Waals surface area contributed by atoms with E-state index in [0.29, 0.717) is 32.1 Å². The maximum Gasteiger partial charge on any atom is 0.161 e. The molecule has 0 fully saturated rings. The summed E-state index contributed by atoms with van der Waals surface area (Å²) in [6.45, 7) is 2.21. The Balaban J connectivity index is 2.04. The molecule has 1 aromatic rings. The molecule has 5 heteroatoms. The first kappa shape index (κ1) is 13.1. The van der Waals surface area contributed by atoms with Gasteiger partial charge in [-0.2, -0.15) is 0 Å². The lowest BCUT2D eigenvalue weighted by Crippen LogP contribution is -2.27. The molecule has 0 bridgehead atoms. The predicted molar refractivity (Wildman–Crippen MR) is 67.0 cm³/mol. The van der Waals surface area contributed by atoms with Crippen molar-refractivity contribution >= 4 is 0 Å². The second-order valence-corrected chi connectivity index (χ2v) is 4.40. The van der Waals surface area contributed by atoms with E-state index in [1.807, 2.05) is 30.1 Å². The number of likely N-dealkylation sites (N-methyl/N-ethyl adjacent to an activating group) is 1. The normalized spacial score (nSPS) is 15.8. The van der Waals surface area contributed by atoms with Crippen molar-refractivity contribution in [1.29, 1.82) is 0 Å². The van der Waals surface area contributed by atoms with Crippen molar-refractivity contribution in [2.75, 3.05) is 40.0 Å². The van der Waals surface area contributed by atoms with Crippen LogP contribution in [0.15, 0.2) is 18.2 Å². The topological polar surface area (TPSA) is 62.2 Å². The van der Waals surface area contributed by atoms with Gasteiger partial charge in [-0.25, -0.2) is 0 Å². The summed E-state index contributed by atoms with van der Waals surface area (Å²) in [5.74, 6) is 1.41. The molecule has 18 heavy (non-hydrogen) atoms. The Morgan fingerprint density at radius 3 is 2.72 bits per heavy atom. The van der Waals surface area contributed by atoms with Crippen LogP contribution in [0.25, 0.3) is 0 Å². The number of rotatable bonds is 5. The minimum atomic E-state index is -0.600. The highest BCUT2D eigenvalue weighted by molar-refractivity contribution is 5.44. The molecular weight excluding hydrogens is 234 g/mol. The van der Waals surface area contributed by atoms with E-state index in [1.54, 1.807) is 0 Å². The first-order valence-corrected chi connectivity index (χ1v) is 6.07. The van der Waals surface area contributed by atoms with Gasteiger partial charge in [-0.3, -0.25) is 0 Å². The molecule has 2 N–H and O–H groups in total. The monoisotopic (exact) mass is 253 g/mol. The molecule has 0 aliphatic carbocycles. The Hall–Kier alpha value is -1.30. The van der Waals surface area contributed by atoms with E-state index in [4.69, 9.17) is 14.6 Å². The maximum atomic E-state index is 10.1. The molecule has 1 aliphatic heterocycles. The van der Waals surface area contributed by atoms with Crippen molar-refractivity contribution in [2.45, 2.75) is 6.10 Å². The van der Waals surface area contributed by atoms with Crippen molar-refractivity contribution in [3.63, 3.8) is 0 Å². The van der Waals surface area contributed by atoms with Crippen molar-refractivity contribution in [3.8, 4) is 11.5 Å². The van der Waals surface area contributed by atoms with E-state index in [9.17, 15) is 5.11 Å². The van der Waals surface area contributed by atoms with Crippen LogP contribution in [0.3, 0.4) is 0 Å². The first-order valence-electron chi connectivity index (χ1n) is 6.07. The lowest BCUT2D eigenvalue weighted by atomic mass is 10.1. The minimum absolute atomic E-state index is 0.0877. The molecule has 0 radical (unpaired) electrons. The van der Waals surface area contributed by atoms with E-state index in [-0.39, 0.29) is 6.61 Å². The molecule has 1 heterocycles.